The van der Waals surface area contributed by atoms with Gasteiger partial charge in [0.05, 0.1) is 36.3 Å². The fourth-order valence-corrected chi connectivity index (χ4v) is 5.58. The smallest absolute Gasteiger partial charge is 0.0943 e. The van der Waals surface area contributed by atoms with Crippen molar-refractivity contribution in [2.45, 2.75) is 189 Å². The molecule has 0 aliphatic carbocycles. The first-order valence-electron chi connectivity index (χ1n) is 17.6. The lowest BCUT2D eigenvalue weighted by Gasteiger charge is -2.40. The first-order chi connectivity index (χ1) is 18.8. The highest BCUT2D eigenvalue weighted by Gasteiger charge is 2.25. The molecule has 238 valence electrons. The van der Waals surface area contributed by atoms with E-state index in [-0.39, 0.29) is 5.75 Å². The lowest BCUT2D eigenvalue weighted by atomic mass is 10.0. The van der Waals surface area contributed by atoms with Crippen LogP contribution in [-0.2, 0) is 10.1 Å². The third-order valence-corrected chi connectivity index (χ3v) is 9.00. The van der Waals surface area contributed by atoms with Crippen molar-refractivity contribution in [3.8, 4) is 0 Å². The lowest BCUT2D eigenvalue weighted by molar-refractivity contribution is -0.929. The zero-order valence-electron chi connectivity index (χ0n) is 27.6. The molecule has 0 fully saturated rings. The van der Waals surface area contributed by atoms with Gasteiger partial charge >= 0.3 is 0 Å². The molecular weight excluding hydrogens is 502 g/mol. The number of hydrogen-bond acceptors (Lipinski definition) is 3. The summed E-state index contributed by atoms with van der Waals surface area (Å²) in [5, 5.41) is 0. The van der Waals surface area contributed by atoms with E-state index in [1.807, 2.05) is 0 Å². The van der Waals surface area contributed by atoms with Crippen molar-refractivity contribution in [3.63, 3.8) is 0 Å². The maximum atomic E-state index is 9.44. The molecule has 0 saturated heterocycles. The number of nitrogens with zero attached hydrogens (tertiary/aromatic N) is 1. The van der Waals surface area contributed by atoms with Crippen LogP contribution in [0.1, 0.15) is 189 Å². The third-order valence-electron chi connectivity index (χ3n) is 8.30. The molecule has 0 bridgehead atoms. The number of unbranched alkanes of at least 4 members (excludes halogenated alkanes) is 20. The van der Waals surface area contributed by atoms with Gasteiger partial charge in [0.15, 0.2) is 0 Å². The minimum absolute atomic E-state index is 0.312. The summed E-state index contributed by atoms with van der Waals surface area (Å²) in [5.41, 5.74) is 0. The molecular formula is C34H73NO3S. The third kappa shape index (κ3) is 32.2. The largest absolute Gasteiger partial charge is 0.748 e. The van der Waals surface area contributed by atoms with Crippen molar-refractivity contribution < 1.29 is 17.5 Å². The highest BCUT2D eigenvalue weighted by molar-refractivity contribution is 7.85. The Morgan fingerprint density at radius 2 is 0.564 bits per heavy atom. The maximum absolute atomic E-state index is 9.44. The van der Waals surface area contributed by atoms with Gasteiger partial charge in [0.2, 0.25) is 0 Å². The Hall–Kier alpha value is -0.130. The number of hydrogen-bond donors (Lipinski definition) is 0. The van der Waals surface area contributed by atoms with Crippen LogP contribution >= 0.6 is 0 Å². The summed E-state index contributed by atoms with van der Waals surface area (Å²) in [6, 6.07) is 0. The van der Waals surface area contributed by atoms with Gasteiger partial charge in [-0.15, -0.1) is 0 Å². The first-order valence-corrected chi connectivity index (χ1v) is 19.2. The summed E-state index contributed by atoms with van der Waals surface area (Å²) in [5.74, 6) is -0.312. The van der Waals surface area contributed by atoms with Crippen LogP contribution < -0.4 is 0 Å². The molecule has 0 N–H and O–H groups in total. The van der Waals surface area contributed by atoms with Gasteiger partial charge in [0, 0.05) is 5.75 Å². The predicted molar refractivity (Wildman–Crippen MR) is 173 cm³/mol. The number of quaternary nitrogens is 1. The molecule has 0 spiro atoms. The Morgan fingerprint density at radius 1 is 0.385 bits per heavy atom. The van der Waals surface area contributed by atoms with Gasteiger partial charge in [0.25, 0.3) is 0 Å². The molecule has 0 rings (SSSR count). The fourth-order valence-electron chi connectivity index (χ4n) is 5.58. The van der Waals surface area contributed by atoms with E-state index in [1.54, 1.807) is 0 Å². The quantitative estimate of drug-likeness (QED) is 0.0506. The SMILES string of the molecule is CCCCCCCC[N+](CCCCCCCC)(CCCCCCCC)CCCCCCCC.CCS(=O)(=O)[O-]. The first kappa shape index (κ1) is 41.0. The van der Waals surface area contributed by atoms with Crippen LogP contribution in [0.4, 0.5) is 0 Å². The van der Waals surface area contributed by atoms with Crippen molar-refractivity contribution in [1.29, 1.82) is 0 Å². The molecule has 0 radical (unpaired) electrons. The molecule has 5 heteroatoms. The van der Waals surface area contributed by atoms with Gasteiger partial charge in [-0.3, -0.25) is 0 Å². The second-order valence-corrected chi connectivity index (χ2v) is 13.8. The second-order valence-electron chi connectivity index (χ2n) is 12.2. The van der Waals surface area contributed by atoms with Gasteiger partial charge in [-0.05, 0) is 51.4 Å². The van der Waals surface area contributed by atoms with Crippen molar-refractivity contribution in [3.05, 3.63) is 0 Å². The van der Waals surface area contributed by atoms with E-state index < -0.39 is 10.1 Å². The van der Waals surface area contributed by atoms with E-state index in [1.165, 1.54) is 192 Å². The zero-order valence-corrected chi connectivity index (χ0v) is 28.4. The standard InChI is InChI=1S/C32H68N.C2H6O3S/c1-5-9-13-17-21-25-29-33(30-26-22-18-14-10-6-2,31-27-23-19-15-11-7-3)32-28-24-20-16-12-8-4;1-2-6(3,4)5/h5-32H2,1-4H3;2H2,1H3,(H,3,4,5)/q+1;/p-1. The molecule has 0 atom stereocenters. The van der Waals surface area contributed by atoms with Gasteiger partial charge in [0.1, 0.15) is 0 Å². The van der Waals surface area contributed by atoms with Crippen molar-refractivity contribution in [1.82, 2.24) is 0 Å². The molecule has 0 saturated carbocycles. The maximum Gasteiger partial charge on any atom is 0.0943 e. The fraction of sp³-hybridized carbons (Fsp3) is 1.00. The molecule has 39 heavy (non-hydrogen) atoms. The lowest BCUT2D eigenvalue weighted by Crippen LogP contribution is -2.50. The highest BCUT2D eigenvalue weighted by Crippen LogP contribution is 2.20. The molecule has 0 aliphatic heterocycles. The van der Waals surface area contributed by atoms with Gasteiger partial charge in [-0.1, -0.05) is 137 Å². The summed E-state index contributed by atoms with van der Waals surface area (Å²) in [4.78, 5) is 0. The Bertz CT molecular complexity index is 495. The van der Waals surface area contributed by atoms with Crippen LogP contribution in [0.15, 0.2) is 0 Å². The molecule has 0 amide bonds. The minimum Gasteiger partial charge on any atom is -0.748 e. The summed E-state index contributed by atoms with van der Waals surface area (Å²) >= 11 is 0. The van der Waals surface area contributed by atoms with E-state index >= 15 is 0 Å². The Balaban J connectivity index is 0. The summed E-state index contributed by atoms with van der Waals surface area (Å²) in [6.45, 7) is 16.6. The van der Waals surface area contributed by atoms with Crippen molar-refractivity contribution in [2.75, 3.05) is 31.9 Å². The molecule has 0 aromatic carbocycles. The van der Waals surface area contributed by atoms with Crippen LogP contribution in [0.5, 0.6) is 0 Å². The van der Waals surface area contributed by atoms with E-state index in [0.29, 0.717) is 0 Å². The van der Waals surface area contributed by atoms with Crippen molar-refractivity contribution in [2.24, 2.45) is 0 Å². The van der Waals surface area contributed by atoms with E-state index in [0.717, 1.165) is 0 Å². The summed E-state index contributed by atoms with van der Waals surface area (Å²) in [7, 11) is -3.91. The normalized spacial score (nSPS) is 11.9. The van der Waals surface area contributed by atoms with Gasteiger partial charge < -0.3 is 9.04 Å². The Labute approximate surface area is 247 Å². The molecule has 4 nitrogen and oxygen atoms in total. The Morgan fingerprint density at radius 3 is 0.744 bits per heavy atom. The van der Waals surface area contributed by atoms with E-state index in [9.17, 15) is 13.0 Å². The van der Waals surface area contributed by atoms with E-state index in [4.69, 9.17) is 0 Å². The molecule has 0 aromatic heterocycles. The average molecular weight is 576 g/mol. The molecule has 0 aromatic rings. The predicted octanol–water partition coefficient (Wildman–Crippen LogP) is 10.8. The molecule has 0 heterocycles. The monoisotopic (exact) mass is 576 g/mol. The summed E-state index contributed by atoms with van der Waals surface area (Å²) in [6.07, 6.45) is 34.8. The van der Waals surface area contributed by atoms with Crippen LogP contribution in [0.3, 0.4) is 0 Å². The Kier molecular flexibility index (Phi) is 32.4. The van der Waals surface area contributed by atoms with Crippen molar-refractivity contribution >= 4 is 10.1 Å². The average Bonchev–Trinajstić information content (AvgIpc) is 2.92. The van der Waals surface area contributed by atoms with Crippen LogP contribution in [0.25, 0.3) is 0 Å². The zero-order chi connectivity index (χ0) is 29.5. The second kappa shape index (κ2) is 30.8. The van der Waals surface area contributed by atoms with Gasteiger partial charge in [-0.2, -0.15) is 0 Å². The van der Waals surface area contributed by atoms with Crippen LogP contribution in [-0.4, -0.2) is 49.4 Å². The highest BCUT2D eigenvalue weighted by atomic mass is 32.2. The summed E-state index contributed by atoms with van der Waals surface area (Å²) < 4.78 is 29.8. The van der Waals surface area contributed by atoms with E-state index in [2.05, 4.69) is 27.7 Å². The minimum atomic E-state index is -3.91. The van der Waals surface area contributed by atoms with Gasteiger partial charge in [-0.25, -0.2) is 8.42 Å². The molecule has 0 aliphatic rings. The molecule has 0 unspecified atom stereocenters. The van der Waals surface area contributed by atoms with Crippen LogP contribution in [0, 0.1) is 0 Å². The van der Waals surface area contributed by atoms with Crippen LogP contribution in [0.2, 0.25) is 0 Å². The topological polar surface area (TPSA) is 57.2 Å². The number of rotatable bonds is 29.